The van der Waals surface area contributed by atoms with Crippen molar-refractivity contribution in [3.8, 4) is 0 Å². The van der Waals surface area contributed by atoms with Crippen LogP contribution in [0.2, 0.25) is 0 Å². The maximum absolute atomic E-state index is 7.36. The van der Waals surface area contributed by atoms with E-state index in [0.717, 1.165) is 11.1 Å². The summed E-state index contributed by atoms with van der Waals surface area (Å²) in [5.74, 6) is 0. The lowest BCUT2D eigenvalue weighted by molar-refractivity contribution is 1.40. The van der Waals surface area contributed by atoms with Crippen LogP contribution in [0.25, 0.3) is 0 Å². The van der Waals surface area contributed by atoms with Gasteiger partial charge in [0.25, 0.3) is 0 Å². The van der Waals surface area contributed by atoms with E-state index in [1.54, 1.807) is 0 Å². The standard InChI is InChI=1S/C8H10/c1-7-3-5-8(2)6-4-7/h3-6H,1-2H3/i3D. The van der Waals surface area contributed by atoms with Crippen LogP contribution < -0.4 is 0 Å². The van der Waals surface area contributed by atoms with Crippen molar-refractivity contribution >= 4 is 0 Å². The molecular weight excluding hydrogens is 96.1 g/mol. The number of aryl methyl sites for hydroxylation is 2. The lowest BCUT2D eigenvalue weighted by Crippen LogP contribution is -1.70. The van der Waals surface area contributed by atoms with E-state index in [9.17, 15) is 0 Å². The normalized spacial score (nSPS) is 11.0. The fourth-order valence-corrected chi connectivity index (χ4v) is 0.580. The van der Waals surface area contributed by atoms with Crippen molar-refractivity contribution in [2.45, 2.75) is 13.8 Å². The first-order chi connectivity index (χ1) is 4.20. The predicted octanol–water partition coefficient (Wildman–Crippen LogP) is 2.30. The maximum Gasteiger partial charge on any atom is 0.0626 e. The zero-order valence-electron chi connectivity index (χ0n) is 6.23. The molecule has 1 aromatic carbocycles. The van der Waals surface area contributed by atoms with Crippen LogP contribution in [0.15, 0.2) is 24.2 Å². The first-order valence-corrected chi connectivity index (χ1v) is 2.74. The third kappa shape index (κ3) is 1.09. The molecule has 0 N–H and O–H groups in total. The molecular formula is C8H10. The Balaban J connectivity index is 3.17. The van der Waals surface area contributed by atoms with Crippen LogP contribution in [-0.4, -0.2) is 0 Å². The minimum absolute atomic E-state index is 0.634. The van der Waals surface area contributed by atoms with Gasteiger partial charge >= 0.3 is 0 Å². The van der Waals surface area contributed by atoms with E-state index in [0.29, 0.717) is 6.04 Å². The average molecular weight is 107 g/mol. The number of hydrogen-bond donors (Lipinski definition) is 0. The Hall–Kier alpha value is -0.780. The summed E-state index contributed by atoms with van der Waals surface area (Å²) in [6.07, 6.45) is 0. The van der Waals surface area contributed by atoms with E-state index in [4.69, 9.17) is 1.37 Å². The van der Waals surface area contributed by atoms with Crippen molar-refractivity contribution < 1.29 is 1.37 Å². The van der Waals surface area contributed by atoms with Gasteiger partial charge < -0.3 is 0 Å². The molecule has 1 aromatic rings. The molecule has 42 valence electrons. The molecule has 0 heteroatoms. The molecule has 0 saturated heterocycles. The zero-order valence-corrected chi connectivity index (χ0v) is 5.23. The van der Waals surface area contributed by atoms with Gasteiger partial charge in [0.15, 0.2) is 0 Å². The molecule has 0 heterocycles. The molecule has 8 heavy (non-hydrogen) atoms. The Bertz CT molecular complexity index is 216. The summed E-state index contributed by atoms with van der Waals surface area (Å²) in [5, 5.41) is 0. The maximum atomic E-state index is 7.36. The molecule has 0 aliphatic heterocycles. The number of hydrogen-bond acceptors (Lipinski definition) is 0. The minimum atomic E-state index is 0.634. The molecule has 0 saturated carbocycles. The summed E-state index contributed by atoms with van der Waals surface area (Å²) in [7, 11) is 0. The lowest BCUT2D eigenvalue weighted by Gasteiger charge is -1.90. The first-order valence-electron chi connectivity index (χ1n) is 3.24. The fourth-order valence-electron chi connectivity index (χ4n) is 0.580. The highest BCUT2D eigenvalue weighted by Crippen LogP contribution is 1.99. The smallest absolute Gasteiger partial charge is 0.0591 e. The molecule has 0 aliphatic carbocycles. The lowest BCUT2D eigenvalue weighted by atomic mass is 10.2. The highest BCUT2D eigenvalue weighted by molar-refractivity contribution is 5.19. The zero-order chi connectivity index (χ0) is 6.85. The second-order valence-electron chi connectivity index (χ2n) is 2.05. The van der Waals surface area contributed by atoms with Gasteiger partial charge in [0.05, 0.1) is 1.37 Å². The van der Waals surface area contributed by atoms with Crippen LogP contribution in [0.5, 0.6) is 0 Å². The molecule has 1 rings (SSSR count). The van der Waals surface area contributed by atoms with E-state index in [-0.39, 0.29) is 0 Å². The summed E-state index contributed by atoms with van der Waals surface area (Å²) in [6.45, 7) is 3.94. The van der Waals surface area contributed by atoms with Crippen LogP contribution in [0, 0.1) is 13.8 Å². The molecule has 0 bridgehead atoms. The van der Waals surface area contributed by atoms with Gasteiger partial charge in [-0.2, -0.15) is 0 Å². The third-order valence-electron chi connectivity index (χ3n) is 1.12. The van der Waals surface area contributed by atoms with Gasteiger partial charge in [0.2, 0.25) is 0 Å². The summed E-state index contributed by atoms with van der Waals surface area (Å²) >= 11 is 0. The Labute approximate surface area is 51.6 Å². The summed E-state index contributed by atoms with van der Waals surface area (Å²) in [5.41, 5.74) is 2.20. The first kappa shape index (κ1) is 4.13. The Morgan fingerprint density at radius 3 is 2.25 bits per heavy atom. The highest BCUT2D eigenvalue weighted by atomic mass is 13.9. The minimum Gasteiger partial charge on any atom is -0.0591 e. The molecule has 0 fully saturated rings. The van der Waals surface area contributed by atoms with Gasteiger partial charge in [0.1, 0.15) is 0 Å². The second kappa shape index (κ2) is 1.99. The van der Waals surface area contributed by atoms with Crippen molar-refractivity contribution in [1.29, 1.82) is 0 Å². The average Bonchev–Trinajstić information content (AvgIpc) is 1.80. The molecule has 0 atom stereocenters. The Kier molecular flexibility index (Phi) is 1.03. The van der Waals surface area contributed by atoms with Gasteiger partial charge in [-0.15, -0.1) is 0 Å². The second-order valence-corrected chi connectivity index (χ2v) is 2.05. The van der Waals surface area contributed by atoms with Gasteiger partial charge in [0, 0.05) is 0 Å². The Morgan fingerprint density at radius 2 is 1.75 bits per heavy atom. The largest absolute Gasteiger partial charge is 0.0626 e. The van der Waals surface area contributed by atoms with E-state index in [2.05, 4.69) is 0 Å². The third-order valence-corrected chi connectivity index (χ3v) is 1.12. The molecule has 0 amide bonds. The van der Waals surface area contributed by atoms with Crippen molar-refractivity contribution in [3.63, 3.8) is 0 Å². The van der Waals surface area contributed by atoms with Crippen molar-refractivity contribution in [2.75, 3.05) is 0 Å². The molecule has 0 unspecified atom stereocenters. The Morgan fingerprint density at radius 1 is 1.12 bits per heavy atom. The topological polar surface area (TPSA) is 0 Å². The molecule has 0 spiro atoms. The van der Waals surface area contributed by atoms with Gasteiger partial charge in [-0.25, -0.2) is 0 Å². The van der Waals surface area contributed by atoms with Crippen LogP contribution >= 0.6 is 0 Å². The molecule has 0 nitrogen and oxygen atoms in total. The molecule has 0 aliphatic rings. The number of rotatable bonds is 0. The van der Waals surface area contributed by atoms with Gasteiger partial charge in [-0.05, 0) is 13.8 Å². The predicted molar refractivity (Wildman–Crippen MR) is 35.9 cm³/mol. The highest BCUT2D eigenvalue weighted by Gasteiger charge is 1.79. The van der Waals surface area contributed by atoms with E-state index >= 15 is 0 Å². The number of benzene rings is 1. The van der Waals surface area contributed by atoms with Crippen LogP contribution in [0.1, 0.15) is 12.5 Å². The van der Waals surface area contributed by atoms with E-state index < -0.39 is 0 Å². The summed E-state index contributed by atoms with van der Waals surface area (Å²) < 4.78 is 7.36. The van der Waals surface area contributed by atoms with Crippen LogP contribution in [-0.2, 0) is 0 Å². The fraction of sp³-hybridized carbons (Fsp3) is 0.250. The van der Waals surface area contributed by atoms with Crippen molar-refractivity contribution in [3.05, 3.63) is 35.4 Å². The van der Waals surface area contributed by atoms with Crippen LogP contribution in [0.3, 0.4) is 0 Å². The monoisotopic (exact) mass is 107 g/mol. The molecule has 0 radical (unpaired) electrons. The molecule has 0 aromatic heterocycles. The van der Waals surface area contributed by atoms with Crippen molar-refractivity contribution in [1.82, 2.24) is 0 Å². The summed E-state index contributed by atoms with van der Waals surface area (Å²) in [6, 6.07) is 6.50. The SMILES string of the molecule is [2H]c1cc(C)ccc1C. The quantitative estimate of drug-likeness (QED) is 0.477. The van der Waals surface area contributed by atoms with Crippen molar-refractivity contribution in [2.24, 2.45) is 0 Å². The van der Waals surface area contributed by atoms with E-state index in [1.807, 2.05) is 32.0 Å². The van der Waals surface area contributed by atoms with Crippen LogP contribution in [0.4, 0.5) is 0 Å². The van der Waals surface area contributed by atoms with E-state index in [1.165, 1.54) is 0 Å². The van der Waals surface area contributed by atoms with Gasteiger partial charge in [-0.3, -0.25) is 0 Å². The van der Waals surface area contributed by atoms with Gasteiger partial charge in [-0.1, -0.05) is 35.4 Å². The summed E-state index contributed by atoms with van der Waals surface area (Å²) in [4.78, 5) is 0.